The van der Waals surface area contributed by atoms with Gasteiger partial charge in [0, 0.05) is 6.04 Å². The van der Waals surface area contributed by atoms with E-state index in [0.717, 1.165) is 12.8 Å². The molecule has 0 fully saturated rings. The number of hydrogen-bond donors (Lipinski definition) is 4. The molecule has 0 amide bonds. The molecule has 0 aromatic rings. The third kappa shape index (κ3) is 16.7. The van der Waals surface area contributed by atoms with Crippen LogP contribution >= 0.6 is 7.60 Å². The Morgan fingerprint density at radius 3 is 1.83 bits per heavy atom. The molecule has 2 atom stereocenters. The topological polar surface area (TPSA) is 104 Å². The van der Waals surface area contributed by atoms with E-state index in [9.17, 15) is 9.67 Å². The highest BCUT2D eigenvalue weighted by Gasteiger charge is 2.22. The number of aliphatic hydroxyl groups is 1. The minimum absolute atomic E-state index is 0.489. The van der Waals surface area contributed by atoms with Crippen LogP contribution in [0.15, 0.2) is 12.2 Å². The molecule has 0 saturated heterocycles. The van der Waals surface area contributed by atoms with Gasteiger partial charge in [-0.3, -0.25) is 4.57 Å². The summed E-state index contributed by atoms with van der Waals surface area (Å²) < 4.78 is 10.8. The summed E-state index contributed by atoms with van der Waals surface area (Å²) in [5, 5.41) is 9.70. The quantitative estimate of drug-likeness (QED) is 0.188. The molecule has 0 aromatic carbocycles. The molecule has 0 rings (SSSR count). The predicted molar refractivity (Wildman–Crippen MR) is 101 cm³/mol. The van der Waals surface area contributed by atoms with Gasteiger partial charge in [0.25, 0.3) is 0 Å². The second kappa shape index (κ2) is 15.1. The molecule has 0 radical (unpaired) electrons. The van der Waals surface area contributed by atoms with Crippen LogP contribution in [0.1, 0.15) is 84.0 Å². The molecule has 0 aliphatic heterocycles. The van der Waals surface area contributed by atoms with E-state index in [1.807, 2.05) is 6.08 Å². The van der Waals surface area contributed by atoms with Crippen molar-refractivity contribution in [2.24, 2.45) is 5.73 Å². The summed E-state index contributed by atoms with van der Waals surface area (Å²) >= 11 is 0. The molecule has 0 spiro atoms. The highest BCUT2D eigenvalue weighted by Crippen LogP contribution is 2.35. The molecule has 5 N–H and O–H groups in total. The van der Waals surface area contributed by atoms with Crippen molar-refractivity contribution in [2.75, 3.05) is 6.16 Å². The molecule has 6 heteroatoms. The third-order valence-corrected chi connectivity index (χ3v) is 5.09. The summed E-state index contributed by atoms with van der Waals surface area (Å²) in [7, 11) is -4.17. The third-order valence-electron chi connectivity index (χ3n) is 4.19. The monoisotopic (exact) mass is 363 g/mol. The average Bonchev–Trinajstić information content (AvgIpc) is 2.50. The smallest absolute Gasteiger partial charge is 0.327 e. The largest absolute Gasteiger partial charge is 0.387 e. The molecule has 0 heterocycles. The molecule has 0 aliphatic rings. The average molecular weight is 363 g/mol. The first-order valence-corrected chi connectivity index (χ1v) is 11.3. The van der Waals surface area contributed by atoms with Crippen LogP contribution < -0.4 is 5.73 Å². The molecular formula is C18H38NO4P. The van der Waals surface area contributed by atoms with Crippen LogP contribution in [0.2, 0.25) is 0 Å². The van der Waals surface area contributed by atoms with Crippen LogP contribution in [0.3, 0.4) is 0 Å². The Morgan fingerprint density at radius 2 is 1.38 bits per heavy atom. The molecule has 0 unspecified atom stereocenters. The SMILES string of the molecule is CCCCCCCCCCCCC/C=C/[C@H](O)[C@@H](N)CP(=O)(O)O. The Balaban J connectivity index is 3.44. The Hall–Kier alpha value is -0.190. The summed E-state index contributed by atoms with van der Waals surface area (Å²) in [5.74, 6) is 0. The van der Waals surface area contributed by atoms with Gasteiger partial charge in [0.1, 0.15) is 0 Å². The van der Waals surface area contributed by atoms with Gasteiger partial charge in [-0.2, -0.15) is 0 Å². The molecule has 0 aromatic heterocycles. The second-order valence-electron chi connectivity index (χ2n) is 6.75. The number of rotatable bonds is 16. The fraction of sp³-hybridized carbons (Fsp3) is 0.889. The van der Waals surface area contributed by atoms with Crippen molar-refractivity contribution >= 4 is 7.60 Å². The molecule has 24 heavy (non-hydrogen) atoms. The number of hydrogen-bond acceptors (Lipinski definition) is 3. The maximum absolute atomic E-state index is 10.8. The van der Waals surface area contributed by atoms with Crippen molar-refractivity contribution in [1.82, 2.24) is 0 Å². The Bertz CT molecular complexity index is 357. The predicted octanol–water partition coefficient (Wildman–Crippen LogP) is 4.11. The molecular weight excluding hydrogens is 325 g/mol. The zero-order chi connectivity index (χ0) is 18.3. The van der Waals surface area contributed by atoms with Gasteiger partial charge in [-0.25, -0.2) is 0 Å². The van der Waals surface area contributed by atoms with Gasteiger partial charge < -0.3 is 20.6 Å². The lowest BCUT2D eigenvalue weighted by atomic mass is 10.0. The van der Waals surface area contributed by atoms with Crippen molar-refractivity contribution in [3.63, 3.8) is 0 Å². The lowest BCUT2D eigenvalue weighted by Crippen LogP contribution is -2.36. The fourth-order valence-electron chi connectivity index (χ4n) is 2.69. The molecule has 0 aliphatic carbocycles. The van der Waals surface area contributed by atoms with Gasteiger partial charge in [-0.1, -0.05) is 83.3 Å². The molecule has 5 nitrogen and oxygen atoms in total. The maximum atomic E-state index is 10.8. The van der Waals surface area contributed by atoms with Crippen LogP contribution in [-0.4, -0.2) is 33.2 Å². The number of aliphatic hydroxyl groups excluding tert-OH is 1. The van der Waals surface area contributed by atoms with Gasteiger partial charge in [0.15, 0.2) is 0 Å². The molecule has 0 saturated carbocycles. The zero-order valence-corrected chi connectivity index (χ0v) is 16.2. The van der Waals surface area contributed by atoms with Crippen LogP contribution in [-0.2, 0) is 4.57 Å². The van der Waals surface area contributed by atoms with Gasteiger partial charge in [0.2, 0.25) is 0 Å². The summed E-state index contributed by atoms with van der Waals surface area (Å²) in [4.78, 5) is 17.6. The maximum Gasteiger partial charge on any atom is 0.327 e. The van der Waals surface area contributed by atoms with E-state index in [4.69, 9.17) is 15.5 Å². The first-order chi connectivity index (χ1) is 11.4. The highest BCUT2D eigenvalue weighted by atomic mass is 31.2. The number of nitrogens with two attached hydrogens (primary N) is 1. The first kappa shape index (κ1) is 23.8. The minimum Gasteiger partial charge on any atom is -0.387 e. The van der Waals surface area contributed by atoms with Crippen molar-refractivity contribution in [2.45, 2.75) is 96.1 Å². The first-order valence-electron chi connectivity index (χ1n) is 9.51. The molecule has 0 bridgehead atoms. The lowest BCUT2D eigenvalue weighted by Gasteiger charge is -2.16. The summed E-state index contributed by atoms with van der Waals surface area (Å²) in [5.41, 5.74) is 5.56. The van der Waals surface area contributed by atoms with E-state index < -0.39 is 25.9 Å². The van der Waals surface area contributed by atoms with Gasteiger partial charge in [-0.05, 0) is 12.8 Å². The van der Waals surface area contributed by atoms with Crippen LogP contribution in [0.4, 0.5) is 0 Å². The second-order valence-corrected chi connectivity index (χ2v) is 8.45. The minimum atomic E-state index is -4.17. The van der Waals surface area contributed by atoms with E-state index in [0.29, 0.717) is 0 Å². The summed E-state index contributed by atoms with van der Waals surface area (Å²) in [6.45, 7) is 2.24. The van der Waals surface area contributed by atoms with Crippen molar-refractivity contribution in [3.05, 3.63) is 12.2 Å². The van der Waals surface area contributed by atoms with Crippen LogP contribution in [0, 0.1) is 0 Å². The van der Waals surface area contributed by atoms with E-state index >= 15 is 0 Å². The van der Waals surface area contributed by atoms with Crippen LogP contribution in [0.25, 0.3) is 0 Å². The summed E-state index contributed by atoms with van der Waals surface area (Å²) in [6, 6.07) is -0.917. The summed E-state index contributed by atoms with van der Waals surface area (Å²) in [6.07, 6.45) is 17.1. The highest BCUT2D eigenvalue weighted by molar-refractivity contribution is 7.51. The zero-order valence-electron chi connectivity index (χ0n) is 15.3. The molecule has 144 valence electrons. The lowest BCUT2D eigenvalue weighted by molar-refractivity contribution is 0.195. The van der Waals surface area contributed by atoms with E-state index in [-0.39, 0.29) is 0 Å². The standard InChI is InChI=1S/C18H38NO4P/c1-2-3-4-5-6-7-8-9-10-11-12-13-14-15-18(20)17(19)16-24(21,22)23/h14-15,17-18,20H,2-13,16,19H2,1H3,(H2,21,22,23)/b15-14+/t17-,18-/m0/s1. The van der Waals surface area contributed by atoms with Gasteiger partial charge in [0.05, 0.1) is 12.3 Å². The van der Waals surface area contributed by atoms with E-state index in [1.165, 1.54) is 64.2 Å². The van der Waals surface area contributed by atoms with E-state index in [2.05, 4.69) is 6.92 Å². The van der Waals surface area contributed by atoms with Gasteiger partial charge >= 0.3 is 7.60 Å². The number of unbranched alkanes of at least 4 members (excludes halogenated alkanes) is 11. The van der Waals surface area contributed by atoms with Crippen molar-refractivity contribution in [1.29, 1.82) is 0 Å². The Morgan fingerprint density at radius 1 is 0.917 bits per heavy atom. The Labute approximate surface area is 147 Å². The number of allylic oxidation sites excluding steroid dienone is 1. The van der Waals surface area contributed by atoms with E-state index in [1.54, 1.807) is 6.08 Å². The van der Waals surface area contributed by atoms with Crippen LogP contribution in [0.5, 0.6) is 0 Å². The Kier molecular flexibility index (Phi) is 15.0. The van der Waals surface area contributed by atoms with Crippen molar-refractivity contribution < 1.29 is 19.5 Å². The van der Waals surface area contributed by atoms with Crippen molar-refractivity contribution in [3.8, 4) is 0 Å². The van der Waals surface area contributed by atoms with Gasteiger partial charge in [-0.15, -0.1) is 0 Å². The fourth-order valence-corrected chi connectivity index (χ4v) is 3.45. The normalized spacial score (nSPS) is 15.0.